The Bertz CT molecular complexity index is 965. The first kappa shape index (κ1) is 21.6. The normalized spacial score (nSPS) is 10.8. The van der Waals surface area contributed by atoms with E-state index in [-0.39, 0.29) is 22.2 Å². The molecule has 0 saturated heterocycles. The Morgan fingerprint density at radius 2 is 1.96 bits per heavy atom. The Balaban J connectivity index is 2.15. The number of nitrogens with zero attached hydrogens (tertiary/aromatic N) is 3. The minimum Gasteiger partial charge on any atom is -0.324 e. The quantitative estimate of drug-likeness (QED) is 0.683. The topological polar surface area (TPSA) is 89.6 Å². The molecule has 1 aromatic carbocycles. The number of carbonyl (C=O) groups is 1. The number of aryl methyl sites for hydroxylation is 1. The molecule has 0 aliphatic rings. The third-order valence-corrected chi connectivity index (χ3v) is 5.24. The molecule has 0 spiro atoms. The van der Waals surface area contributed by atoms with Crippen molar-refractivity contribution in [2.45, 2.75) is 23.0 Å². The smallest absolute Gasteiger partial charge is 0.324 e. The number of nitrogens with one attached hydrogen (secondary N) is 1. The molecule has 144 valence electrons. The van der Waals surface area contributed by atoms with Gasteiger partial charge in [-0.15, -0.1) is 11.8 Å². The number of benzene rings is 1. The van der Waals surface area contributed by atoms with Gasteiger partial charge in [-0.2, -0.15) is 23.7 Å². The summed E-state index contributed by atoms with van der Waals surface area (Å²) in [6.45, 7) is 1.39. The van der Waals surface area contributed by atoms with Crippen LogP contribution in [-0.2, 0) is 11.0 Å². The summed E-state index contributed by atoms with van der Waals surface area (Å²) in [5.41, 5.74) is -1.06. The molecule has 0 saturated carbocycles. The molecule has 0 aliphatic carbocycles. The van der Waals surface area contributed by atoms with Crippen LogP contribution in [0.15, 0.2) is 40.3 Å². The summed E-state index contributed by atoms with van der Waals surface area (Å²) >= 11 is 2.02. The van der Waals surface area contributed by atoms with Gasteiger partial charge in [-0.05, 0) is 25.1 Å². The zero-order chi connectivity index (χ0) is 20.7. The minimum absolute atomic E-state index is 0.104. The molecule has 28 heavy (non-hydrogen) atoms. The van der Waals surface area contributed by atoms with Crippen molar-refractivity contribution >= 4 is 35.1 Å². The van der Waals surface area contributed by atoms with Gasteiger partial charge >= 0.3 is 6.18 Å². The molecule has 1 N–H and O–H groups in total. The van der Waals surface area contributed by atoms with Gasteiger partial charge in [-0.3, -0.25) is 4.79 Å². The number of halogens is 3. The fourth-order valence-electron chi connectivity index (χ4n) is 2.21. The number of amides is 1. The zero-order valence-electron chi connectivity index (χ0n) is 14.5. The highest BCUT2D eigenvalue weighted by Gasteiger charge is 2.35. The first-order chi connectivity index (χ1) is 13.3. The number of aromatic nitrogens is 1. The Morgan fingerprint density at radius 3 is 2.61 bits per heavy atom. The van der Waals surface area contributed by atoms with Crippen LogP contribution in [0, 0.1) is 29.6 Å². The fourth-order valence-corrected chi connectivity index (χ4v) is 3.72. The highest BCUT2D eigenvalue weighted by Crippen LogP contribution is 2.36. The maximum atomic E-state index is 13.1. The second-order valence-electron chi connectivity index (χ2n) is 5.38. The largest absolute Gasteiger partial charge is 0.417 e. The predicted molar refractivity (Wildman–Crippen MR) is 101 cm³/mol. The number of hydrogen-bond acceptors (Lipinski definition) is 6. The van der Waals surface area contributed by atoms with E-state index in [1.165, 1.54) is 24.8 Å². The molecule has 0 atom stereocenters. The Labute approximate surface area is 168 Å². The van der Waals surface area contributed by atoms with E-state index in [2.05, 4.69) is 10.3 Å². The van der Waals surface area contributed by atoms with Crippen molar-refractivity contribution in [3.8, 4) is 12.1 Å². The second kappa shape index (κ2) is 9.49. The summed E-state index contributed by atoms with van der Waals surface area (Å²) in [6, 6.07) is 11.2. The molecule has 10 heteroatoms. The third-order valence-electron chi connectivity index (χ3n) is 3.32. The number of thioether (sulfide) groups is 2. The molecule has 0 fully saturated rings. The summed E-state index contributed by atoms with van der Waals surface area (Å²) in [5, 5.41) is 20.3. The van der Waals surface area contributed by atoms with E-state index in [1.807, 2.05) is 6.07 Å². The zero-order valence-corrected chi connectivity index (χ0v) is 16.1. The number of nitriles is 2. The number of alkyl halides is 3. The number of para-hydroxylation sites is 1. The van der Waals surface area contributed by atoms with Gasteiger partial charge in [-0.1, -0.05) is 23.9 Å². The van der Waals surface area contributed by atoms with Gasteiger partial charge in [0, 0.05) is 10.6 Å². The van der Waals surface area contributed by atoms with E-state index in [4.69, 9.17) is 10.5 Å². The molecule has 2 rings (SSSR count). The summed E-state index contributed by atoms with van der Waals surface area (Å²) in [4.78, 5) is 16.9. The molecule has 2 aromatic rings. The number of pyridine rings is 1. The van der Waals surface area contributed by atoms with E-state index < -0.39 is 23.2 Å². The molecule has 0 aliphatic heterocycles. The second-order valence-corrected chi connectivity index (χ2v) is 7.36. The van der Waals surface area contributed by atoms with E-state index in [1.54, 1.807) is 24.3 Å². The van der Waals surface area contributed by atoms with Gasteiger partial charge in [0.2, 0.25) is 5.91 Å². The van der Waals surface area contributed by atoms with Crippen molar-refractivity contribution in [1.29, 1.82) is 10.5 Å². The number of carbonyl (C=O) groups excluding carboxylic acids is 1. The number of rotatable bonds is 6. The molecule has 1 heterocycles. The van der Waals surface area contributed by atoms with Crippen LogP contribution in [0.25, 0.3) is 0 Å². The Kier molecular flexibility index (Phi) is 7.32. The lowest BCUT2D eigenvalue weighted by Crippen LogP contribution is -2.16. The van der Waals surface area contributed by atoms with E-state index in [9.17, 15) is 18.0 Å². The van der Waals surface area contributed by atoms with Crippen molar-refractivity contribution < 1.29 is 18.0 Å². The van der Waals surface area contributed by atoms with Crippen molar-refractivity contribution in [2.75, 3.05) is 16.8 Å². The summed E-state index contributed by atoms with van der Waals surface area (Å²) < 4.78 is 39.4. The van der Waals surface area contributed by atoms with Crippen LogP contribution in [0.4, 0.5) is 18.9 Å². The van der Waals surface area contributed by atoms with E-state index >= 15 is 0 Å². The molecule has 0 bridgehead atoms. The van der Waals surface area contributed by atoms with Gasteiger partial charge in [-0.25, -0.2) is 4.98 Å². The van der Waals surface area contributed by atoms with Crippen LogP contribution < -0.4 is 5.32 Å². The summed E-state index contributed by atoms with van der Waals surface area (Å²) in [6.07, 6.45) is -4.69. The van der Waals surface area contributed by atoms with E-state index in [0.29, 0.717) is 10.6 Å². The molecule has 5 nitrogen and oxygen atoms in total. The highest BCUT2D eigenvalue weighted by molar-refractivity contribution is 8.00. The van der Waals surface area contributed by atoms with Crippen LogP contribution in [0.5, 0.6) is 0 Å². The Morgan fingerprint density at radius 1 is 1.25 bits per heavy atom. The molecule has 0 radical (unpaired) electrons. The standard InChI is InChI=1S/C18H13F3N4OS2/c1-11-8-13(18(19,20)21)12(9-23)17(24-11)28-10-16(26)25-14-4-2-3-5-15(14)27-7-6-22/h2-5,8H,7,10H2,1H3,(H,25,26). The predicted octanol–water partition coefficient (Wildman–Crippen LogP) is 4.63. The average molecular weight is 422 g/mol. The summed E-state index contributed by atoms with van der Waals surface area (Å²) in [7, 11) is 0. The van der Waals surface area contributed by atoms with Crippen LogP contribution in [0.2, 0.25) is 0 Å². The van der Waals surface area contributed by atoms with Crippen molar-refractivity contribution in [1.82, 2.24) is 4.98 Å². The lowest BCUT2D eigenvalue weighted by atomic mass is 10.1. The van der Waals surface area contributed by atoms with Crippen LogP contribution in [0.3, 0.4) is 0 Å². The molecule has 1 amide bonds. The van der Waals surface area contributed by atoms with Crippen LogP contribution >= 0.6 is 23.5 Å². The van der Waals surface area contributed by atoms with Crippen molar-refractivity contribution in [3.05, 3.63) is 47.2 Å². The molecule has 0 unspecified atom stereocenters. The fraction of sp³-hybridized carbons (Fsp3) is 0.222. The first-order valence-electron chi connectivity index (χ1n) is 7.76. The van der Waals surface area contributed by atoms with Gasteiger partial charge < -0.3 is 5.32 Å². The van der Waals surface area contributed by atoms with E-state index in [0.717, 1.165) is 17.8 Å². The molecular formula is C18H13F3N4OS2. The van der Waals surface area contributed by atoms with Crippen molar-refractivity contribution in [3.63, 3.8) is 0 Å². The van der Waals surface area contributed by atoms with Gasteiger partial charge in [0.15, 0.2) is 0 Å². The SMILES string of the molecule is Cc1cc(C(F)(F)F)c(C#N)c(SCC(=O)Nc2ccccc2SCC#N)n1. The van der Waals surface area contributed by atoms with Crippen LogP contribution in [0.1, 0.15) is 16.8 Å². The number of anilines is 1. The number of hydrogen-bond donors (Lipinski definition) is 1. The first-order valence-corrected chi connectivity index (χ1v) is 9.73. The Hall–Kier alpha value is -2.69. The maximum Gasteiger partial charge on any atom is 0.417 e. The molecule has 1 aromatic heterocycles. The summed E-state index contributed by atoms with van der Waals surface area (Å²) in [5.74, 6) is -0.476. The lowest BCUT2D eigenvalue weighted by Gasteiger charge is -2.13. The lowest BCUT2D eigenvalue weighted by molar-refractivity contribution is -0.138. The average Bonchev–Trinajstić information content (AvgIpc) is 2.64. The van der Waals surface area contributed by atoms with Gasteiger partial charge in [0.1, 0.15) is 11.1 Å². The monoisotopic (exact) mass is 422 g/mol. The van der Waals surface area contributed by atoms with Gasteiger partial charge in [0.05, 0.1) is 34.4 Å². The third kappa shape index (κ3) is 5.65. The maximum absolute atomic E-state index is 13.1. The molecular weight excluding hydrogens is 409 g/mol. The van der Waals surface area contributed by atoms with Gasteiger partial charge in [0.25, 0.3) is 0 Å². The van der Waals surface area contributed by atoms with Crippen LogP contribution in [-0.4, -0.2) is 22.4 Å². The van der Waals surface area contributed by atoms with Crippen molar-refractivity contribution in [2.24, 2.45) is 0 Å². The minimum atomic E-state index is -4.69. The highest BCUT2D eigenvalue weighted by atomic mass is 32.2.